The fourth-order valence-electron chi connectivity index (χ4n) is 8.26. The lowest BCUT2D eigenvalue weighted by atomic mass is 9.46. The van der Waals surface area contributed by atoms with Gasteiger partial charge in [0, 0.05) is 0 Å². The second kappa shape index (κ2) is 17.0. The van der Waals surface area contributed by atoms with E-state index in [1.54, 1.807) is 0 Å². The molecule has 4 aliphatic rings. The van der Waals surface area contributed by atoms with Gasteiger partial charge in [0.2, 0.25) is 0 Å². The maximum Gasteiger partial charge on any atom is 0.132 e. The number of hydrogen-bond donors (Lipinski definition) is 0. The van der Waals surface area contributed by atoms with E-state index in [1.807, 2.05) is 48.2 Å². The zero-order valence-corrected chi connectivity index (χ0v) is 30.3. The van der Waals surface area contributed by atoms with Gasteiger partial charge < -0.3 is 23.7 Å². The summed E-state index contributed by atoms with van der Waals surface area (Å²) in [6, 6.07) is 41.5. The topological polar surface area (TPSA) is 46.2 Å². The quantitative estimate of drug-likeness (QED) is 0.117. The molecule has 8 atom stereocenters. The van der Waals surface area contributed by atoms with Crippen LogP contribution in [0.5, 0.6) is 0 Å². The van der Waals surface area contributed by atoms with Crippen LogP contribution in [0, 0.1) is 23.2 Å². The third kappa shape index (κ3) is 8.72. The average Bonchev–Trinajstić information content (AvgIpc) is 3.16. The first-order valence-corrected chi connectivity index (χ1v) is 19.4. The highest BCUT2D eigenvalue weighted by Gasteiger charge is 2.55. The average molecular weight is 693 g/mol. The van der Waals surface area contributed by atoms with Crippen LogP contribution in [0.1, 0.15) is 55.4 Å². The number of thioether (sulfide) groups is 1. The second-order valence-corrected chi connectivity index (χ2v) is 16.0. The van der Waals surface area contributed by atoms with Crippen molar-refractivity contribution in [2.24, 2.45) is 23.2 Å². The lowest BCUT2D eigenvalue weighted by Gasteiger charge is -2.60. The van der Waals surface area contributed by atoms with Gasteiger partial charge in [-0.1, -0.05) is 135 Å². The molecular weight excluding hydrogens is 641 g/mol. The van der Waals surface area contributed by atoms with Gasteiger partial charge in [-0.05, 0) is 70.4 Å². The van der Waals surface area contributed by atoms with Gasteiger partial charge in [0.1, 0.15) is 29.9 Å². The van der Waals surface area contributed by atoms with Crippen molar-refractivity contribution in [1.82, 2.24) is 0 Å². The standard InChI is InChI=1S/C44H52O5S/c1-44(2)37-24-23-36(38(44)25-37)31-50-43-42(48-29-35-21-13-6-14-22-35)41(47-28-34-19-11-5-12-20-34)40(46-27-33-17-9-4-10-18-33)39(49-43)30-45-26-32-15-7-3-8-16-32/h3-22,36-43H,23-31H2,1-2H3/t36-,37+,38+,39+,40+,41-,42+,43-/m0/s1. The molecule has 5 nitrogen and oxygen atoms in total. The van der Waals surface area contributed by atoms with E-state index < -0.39 is 6.10 Å². The predicted octanol–water partition coefficient (Wildman–Crippen LogP) is 9.49. The van der Waals surface area contributed by atoms with Crippen molar-refractivity contribution < 1.29 is 23.7 Å². The summed E-state index contributed by atoms with van der Waals surface area (Å²) < 4.78 is 34.2. The zero-order chi connectivity index (χ0) is 34.2. The third-order valence-electron chi connectivity index (χ3n) is 11.3. The molecule has 2 bridgehead atoms. The molecule has 0 radical (unpaired) electrons. The van der Waals surface area contributed by atoms with Gasteiger partial charge in [0.25, 0.3) is 0 Å². The fourth-order valence-corrected chi connectivity index (χ4v) is 9.74. The molecule has 0 unspecified atom stereocenters. The van der Waals surface area contributed by atoms with Crippen LogP contribution in [0.15, 0.2) is 121 Å². The zero-order valence-electron chi connectivity index (χ0n) is 29.5. The van der Waals surface area contributed by atoms with Crippen molar-refractivity contribution in [1.29, 1.82) is 0 Å². The predicted molar refractivity (Wildman–Crippen MR) is 200 cm³/mol. The normalized spacial score (nSPS) is 28.5. The maximum absolute atomic E-state index is 7.11. The highest BCUT2D eigenvalue weighted by atomic mass is 32.2. The Morgan fingerprint density at radius 2 is 1.08 bits per heavy atom. The molecule has 3 aliphatic carbocycles. The van der Waals surface area contributed by atoms with E-state index >= 15 is 0 Å². The molecule has 3 saturated carbocycles. The van der Waals surface area contributed by atoms with Crippen LogP contribution in [-0.2, 0) is 50.1 Å². The first-order chi connectivity index (χ1) is 24.5. The molecule has 50 heavy (non-hydrogen) atoms. The van der Waals surface area contributed by atoms with Crippen LogP contribution in [0.2, 0.25) is 0 Å². The van der Waals surface area contributed by atoms with E-state index in [0.717, 1.165) is 39.8 Å². The lowest BCUT2D eigenvalue weighted by Crippen LogP contribution is -2.60. The first-order valence-electron chi connectivity index (χ1n) is 18.4. The number of rotatable bonds is 16. The molecule has 264 valence electrons. The Bertz CT molecular complexity index is 1570. The van der Waals surface area contributed by atoms with Crippen LogP contribution >= 0.6 is 11.8 Å². The molecule has 0 aromatic heterocycles. The van der Waals surface area contributed by atoms with Crippen LogP contribution in [0.25, 0.3) is 0 Å². The van der Waals surface area contributed by atoms with Gasteiger partial charge in [-0.2, -0.15) is 0 Å². The second-order valence-electron chi connectivity index (χ2n) is 14.9. The minimum atomic E-state index is -0.409. The smallest absolute Gasteiger partial charge is 0.132 e. The molecule has 4 aromatic rings. The number of hydrogen-bond acceptors (Lipinski definition) is 6. The SMILES string of the molecule is CC1(C)[C@@H]2CC[C@@H](CS[C@@H]3O[C@H](COCc4ccccc4)[C@@H](OCc4ccccc4)[C@H](OCc4ccccc4)[C@H]3OCc3ccccc3)[C@H]1C2. The molecule has 0 N–H and O–H groups in total. The highest BCUT2D eigenvalue weighted by Crippen LogP contribution is 2.62. The van der Waals surface area contributed by atoms with Gasteiger partial charge in [0.15, 0.2) is 0 Å². The minimum Gasteiger partial charge on any atom is -0.374 e. The van der Waals surface area contributed by atoms with Crippen molar-refractivity contribution >= 4 is 11.8 Å². The number of ether oxygens (including phenoxy) is 5. The molecule has 1 aliphatic heterocycles. The summed E-state index contributed by atoms with van der Waals surface area (Å²) in [7, 11) is 0. The van der Waals surface area contributed by atoms with Crippen molar-refractivity contribution in [2.45, 2.75) is 89.4 Å². The Morgan fingerprint density at radius 1 is 0.600 bits per heavy atom. The summed E-state index contributed by atoms with van der Waals surface area (Å²) >= 11 is 1.91. The van der Waals surface area contributed by atoms with E-state index in [9.17, 15) is 0 Å². The first kappa shape index (κ1) is 35.4. The Hall–Kier alpha value is -2.97. The monoisotopic (exact) mass is 692 g/mol. The van der Waals surface area contributed by atoms with Gasteiger partial charge in [-0.15, -0.1) is 11.8 Å². The fraction of sp³-hybridized carbons (Fsp3) is 0.455. The molecule has 8 rings (SSSR count). The van der Waals surface area contributed by atoms with Gasteiger partial charge >= 0.3 is 0 Å². The van der Waals surface area contributed by atoms with Crippen LogP contribution < -0.4 is 0 Å². The van der Waals surface area contributed by atoms with Crippen LogP contribution in [0.3, 0.4) is 0 Å². The van der Waals surface area contributed by atoms with E-state index in [-0.39, 0.29) is 23.7 Å². The third-order valence-corrected chi connectivity index (χ3v) is 12.6. The van der Waals surface area contributed by atoms with Crippen LogP contribution in [0.4, 0.5) is 0 Å². The van der Waals surface area contributed by atoms with E-state index in [0.29, 0.717) is 44.4 Å². The Balaban J connectivity index is 1.17. The van der Waals surface area contributed by atoms with E-state index in [4.69, 9.17) is 23.7 Å². The summed E-state index contributed by atoms with van der Waals surface area (Å²) in [6.45, 7) is 7.23. The summed E-state index contributed by atoms with van der Waals surface area (Å²) in [4.78, 5) is 0. The molecule has 1 heterocycles. The summed E-state index contributed by atoms with van der Waals surface area (Å²) in [5.74, 6) is 3.39. The Morgan fingerprint density at radius 3 is 1.58 bits per heavy atom. The van der Waals surface area contributed by atoms with E-state index in [2.05, 4.69) is 98.8 Å². The van der Waals surface area contributed by atoms with Crippen LogP contribution in [-0.4, -0.2) is 42.2 Å². The van der Waals surface area contributed by atoms with Crippen molar-refractivity contribution in [3.63, 3.8) is 0 Å². The Kier molecular flexibility index (Phi) is 12.1. The molecule has 0 spiro atoms. The minimum absolute atomic E-state index is 0.234. The highest BCUT2D eigenvalue weighted by molar-refractivity contribution is 7.99. The Labute approximate surface area is 303 Å². The van der Waals surface area contributed by atoms with Gasteiger partial charge in [0.05, 0.1) is 33.0 Å². The molecule has 4 fully saturated rings. The summed E-state index contributed by atoms with van der Waals surface area (Å²) in [5.41, 5.74) is 4.69. The lowest BCUT2D eigenvalue weighted by molar-refractivity contribution is -0.254. The van der Waals surface area contributed by atoms with E-state index in [1.165, 1.54) is 19.3 Å². The van der Waals surface area contributed by atoms with Crippen molar-refractivity contribution in [3.05, 3.63) is 144 Å². The molecule has 6 heteroatoms. The number of benzene rings is 4. The van der Waals surface area contributed by atoms with Crippen molar-refractivity contribution in [3.8, 4) is 0 Å². The molecular formula is C44H52O5S. The molecule has 4 aromatic carbocycles. The molecule has 1 saturated heterocycles. The largest absolute Gasteiger partial charge is 0.374 e. The summed E-state index contributed by atoms with van der Waals surface area (Å²) in [5, 5.41) is 0. The van der Waals surface area contributed by atoms with Crippen molar-refractivity contribution in [2.75, 3.05) is 12.4 Å². The van der Waals surface area contributed by atoms with Gasteiger partial charge in [-0.3, -0.25) is 0 Å². The maximum atomic E-state index is 7.11. The summed E-state index contributed by atoms with van der Waals surface area (Å²) in [6.07, 6.45) is 2.53. The number of fused-ring (bicyclic) bond motifs is 2. The van der Waals surface area contributed by atoms with Gasteiger partial charge in [-0.25, -0.2) is 0 Å². The molecule has 0 amide bonds.